The van der Waals surface area contributed by atoms with Gasteiger partial charge in [-0.25, -0.2) is 13.2 Å². The number of anilines is 2. The largest absolute Gasteiger partial charge is 0.487 e. The van der Waals surface area contributed by atoms with E-state index >= 15 is 0 Å². The number of nitrogens with zero attached hydrogens (tertiary/aromatic N) is 3. The maximum absolute atomic E-state index is 13.4. The number of fused-ring (bicyclic) bond motifs is 1. The van der Waals surface area contributed by atoms with E-state index in [-0.39, 0.29) is 48.6 Å². The lowest BCUT2D eigenvalue weighted by atomic mass is 9.99. The number of aliphatic hydroxyl groups excluding tert-OH is 1. The standard InChI is InChI=1S/C23H33N5O7S/c1-13-10-28(14(2)12-29)22(30)18-9-17(26-36(6,32)33)7-8-19(18)34-20(13)11-27(5)23(31)24-21-15(3)25-35-16(21)4/h7-9,13-14,20,26,29H,10-12H2,1-6H3,(H,24,31)/t13-,14+,20+/m1/s1. The van der Waals surface area contributed by atoms with Crippen LogP contribution in [0.1, 0.15) is 35.7 Å². The van der Waals surface area contributed by atoms with Crippen LogP contribution in [0.25, 0.3) is 0 Å². The maximum Gasteiger partial charge on any atom is 0.321 e. The van der Waals surface area contributed by atoms with E-state index in [1.54, 1.807) is 27.8 Å². The predicted octanol–water partition coefficient (Wildman–Crippen LogP) is 2.05. The van der Waals surface area contributed by atoms with Crippen LogP contribution in [0.5, 0.6) is 5.75 Å². The van der Waals surface area contributed by atoms with Crippen molar-refractivity contribution in [1.29, 1.82) is 0 Å². The van der Waals surface area contributed by atoms with Crippen LogP contribution in [0.2, 0.25) is 0 Å². The molecule has 13 heteroatoms. The summed E-state index contributed by atoms with van der Waals surface area (Å²) >= 11 is 0. The lowest BCUT2D eigenvalue weighted by Crippen LogP contribution is -2.50. The first-order valence-electron chi connectivity index (χ1n) is 11.5. The summed E-state index contributed by atoms with van der Waals surface area (Å²) in [6.07, 6.45) is 0.503. The van der Waals surface area contributed by atoms with Gasteiger partial charge in [-0.15, -0.1) is 0 Å². The summed E-state index contributed by atoms with van der Waals surface area (Å²) in [6, 6.07) is 3.57. The molecule has 3 N–H and O–H groups in total. The molecule has 1 aromatic heterocycles. The second kappa shape index (κ2) is 10.7. The van der Waals surface area contributed by atoms with E-state index in [0.717, 1.165) is 6.26 Å². The number of rotatable bonds is 7. The minimum atomic E-state index is -3.56. The van der Waals surface area contributed by atoms with E-state index < -0.39 is 28.1 Å². The van der Waals surface area contributed by atoms with E-state index in [9.17, 15) is 23.1 Å². The van der Waals surface area contributed by atoms with Gasteiger partial charge in [0.05, 0.1) is 31.0 Å². The number of carbonyl (C=O) groups is 2. The number of hydrogen-bond acceptors (Lipinski definition) is 8. The van der Waals surface area contributed by atoms with Gasteiger partial charge < -0.3 is 29.5 Å². The molecule has 3 rings (SSSR count). The average Bonchev–Trinajstić information content (AvgIpc) is 3.12. The summed E-state index contributed by atoms with van der Waals surface area (Å²) in [5.41, 5.74) is 1.43. The van der Waals surface area contributed by atoms with Crippen molar-refractivity contribution in [2.75, 3.05) is 43.0 Å². The number of aryl methyl sites for hydroxylation is 2. The molecular formula is C23H33N5O7S. The topological polar surface area (TPSA) is 154 Å². The molecule has 12 nitrogen and oxygen atoms in total. The maximum atomic E-state index is 13.4. The fourth-order valence-electron chi connectivity index (χ4n) is 3.93. The van der Waals surface area contributed by atoms with Gasteiger partial charge in [0, 0.05) is 25.2 Å². The van der Waals surface area contributed by atoms with Gasteiger partial charge in [0.15, 0.2) is 5.76 Å². The Balaban J connectivity index is 1.90. The molecule has 0 spiro atoms. The number of amides is 3. The lowest BCUT2D eigenvalue weighted by molar-refractivity contribution is 0.0371. The smallest absolute Gasteiger partial charge is 0.321 e. The summed E-state index contributed by atoms with van der Waals surface area (Å²) in [5, 5.41) is 16.4. The molecule has 0 fully saturated rings. The third kappa shape index (κ3) is 6.26. The molecule has 2 heterocycles. The van der Waals surface area contributed by atoms with Crippen molar-refractivity contribution in [2.45, 2.75) is 39.8 Å². The Morgan fingerprint density at radius 1 is 1.36 bits per heavy atom. The minimum Gasteiger partial charge on any atom is -0.487 e. The van der Waals surface area contributed by atoms with Crippen LogP contribution >= 0.6 is 0 Å². The number of urea groups is 1. The van der Waals surface area contributed by atoms with Crippen LogP contribution in [0.15, 0.2) is 22.7 Å². The highest BCUT2D eigenvalue weighted by Crippen LogP contribution is 2.31. The van der Waals surface area contributed by atoms with Crippen molar-refractivity contribution in [1.82, 2.24) is 15.0 Å². The van der Waals surface area contributed by atoms with Crippen LogP contribution in [0, 0.1) is 19.8 Å². The molecule has 198 valence electrons. The van der Waals surface area contributed by atoms with Gasteiger partial charge in [-0.3, -0.25) is 9.52 Å². The van der Waals surface area contributed by atoms with E-state index in [4.69, 9.17) is 9.26 Å². The Bertz CT molecular complexity index is 1210. The average molecular weight is 524 g/mol. The first-order valence-corrected chi connectivity index (χ1v) is 13.3. The number of aliphatic hydroxyl groups is 1. The quantitative estimate of drug-likeness (QED) is 0.498. The minimum absolute atomic E-state index is 0.156. The number of aromatic nitrogens is 1. The molecule has 0 unspecified atom stereocenters. The molecular weight excluding hydrogens is 490 g/mol. The van der Waals surface area contributed by atoms with Gasteiger partial charge >= 0.3 is 6.03 Å². The van der Waals surface area contributed by atoms with Gasteiger partial charge in [0.1, 0.15) is 23.2 Å². The molecule has 0 bridgehead atoms. The first-order chi connectivity index (χ1) is 16.8. The van der Waals surface area contributed by atoms with Crippen molar-refractivity contribution in [3.63, 3.8) is 0 Å². The second-order valence-electron chi connectivity index (χ2n) is 9.22. The van der Waals surface area contributed by atoms with Gasteiger partial charge in [-0.05, 0) is 39.0 Å². The predicted molar refractivity (Wildman–Crippen MR) is 134 cm³/mol. The summed E-state index contributed by atoms with van der Waals surface area (Å²) in [6.45, 7) is 7.25. The van der Waals surface area contributed by atoms with Gasteiger partial charge in [-0.1, -0.05) is 12.1 Å². The van der Waals surface area contributed by atoms with Gasteiger partial charge in [0.2, 0.25) is 10.0 Å². The number of carbonyl (C=O) groups excluding carboxylic acids is 2. The molecule has 1 aromatic carbocycles. The summed E-state index contributed by atoms with van der Waals surface area (Å²) in [4.78, 5) is 29.3. The number of sulfonamides is 1. The normalized spacial score (nSPS) is 19.0. The number of benzene rings is 1. The van der Waals surface area contributed by atoms with Crippen molar-refractivity contribution in [3.05, 3.63) is 35.2 Å². The summed E-state index contributed by atoms with van der Waals surface area (Å²) in [7, 11) is -1.94. The van der Waals surface area contributed by atoms with Crippen molar-refractivity contribution in [3.8, 4) is 5.75 Å². The van der Waals surface area contributed by atoms with Crippen LogP contribution < -0.4 is 14.8 Å². The molecule has 3 amide bonds. The van der Waals surface area contributed by atoms with Crippen molar-refractivity contribution in [2.24, 2.45) is 5.92 Å². The van der Waals surface area contributed by atoms with Crippen LogP contribution in [-0.4, -0.2) is 85.6 Å². The number of hydrogen-bond donors (Lipinski definition) is 3. The van der Waals surface area contributed by atoms with Crippen LogP contribution in [-0.2, 0) is 10.0 Å². The number of ether oxygens (including phenoxy) is 1. The van der Waals surface area contributed by atoms with Gasteiger partial charge in [0.25, 0.3) is 5.91 Å². The zero-order chi connectivity index (χ0) is 26.8. The van der Waals surface area contributed by atoms with Crippen LogP contribution in [0.3, 0.4) is 0 Å². The summed E-state index contributed by atoms with van der Waals surface area (Å²) in [5.74, 6) is 0.146. The monoisotopic (exact) mass is 523 g/mol. The molecule has 0 saturated heterocycles. The zero-order valence-corrected chi connectivity index (χ0v) is 22.0. The molecule has 1 aliphatic heterocycles. The van der Waals surface area contributed by atoms with E-state index in [0.29, 0.717) is 17.1 Å². The van der Waals surface area contributed by atoms with E-state index in [1.807, 2.05) is 6.92 Å². The molecule has 1 aliphatic rings. The summed E-state index contributed by atoms with van der Waals surface area (Å²) < 4.78 is 37.1. The van der Waals surface area contributed by atoms with Crippen LogP contribution in [0.4, 0.5) is 16.2 Å². The van der Waals surface area contributed by atoms with Crippen molar-refractivity contribution >= 4 is 33.3 Å². The molecule has 0 saturated carbocycles. The first kappa shape index (κ1) is 27.3. The molecule has 0 radical (unpaired) electrons. The highest BCUT2D eigenvalue weighted by atomic mass is 32.2. The molecule has 0 aliphatic carbocycles. The Hall–Kier alpha value is -3.32. The lowest BCUT2D eigenvalue weighted by Gasteiger charge is -2.38. The Morgan fingerprint density at radius 3 is 2.64 bits per heavy atom. The number of nitrogens with one attached hydrogen (secondary N) is 2. The fraction of sp³-hybridized carbons (Fsp3) is 0.522. The Morgan fingerprint density at radius 2 is 2.06 bits per heavy atom. The number of likely N-dealkylation sites (N-methyl/N-ethyl adjacent to an activating group) is 1. The molecule has 3 atom stereocenters. The van der Waals surface area contributed by atoms with Crippen molar-refractivity contribution < 1.29 is 32.4 Å². The van der Waals surface area contributed by atoms with E-state index in [2.05, 4.69) is 15.2 Å². The van der Waals surface area contributed by atoms with Gasteiger partial charge in [-0.2, -0.15) is 0 Å². The van der Waals surface area contributed by atoms with E-state index in [1.165, 1.54) is 28.0 Å². The second-order valence-corrected chi connectivity index (χ2v) is 11.0. The fourth-order valence-corrected chi connectivity index (χ4v) is 4.49. The zero-order valence-electron chi connectivity index (χ0n) is 21.2. The Labute approximate surface area is 210 Å². The third-order valence-corrected chi connectivity index (χ3v) is 6.64. The highest BCUT2D eigenvalue weighted by molar-refractivity contribution is 7.92. The third-order valence-electron chi connectivity index (χ3n) is 6.03. The SMILES string of the molecule is Cc1noc(C)c1NC(=O)N(C)C[C@@H]1Oc2ccc(NS(C)(=O)=O)cc2C(=O)N([C@@H](C)CO)C[C@H]1C. The highest BCUT2D eigenvalue weighted by Gasteiger charge is 2.34. The molecule has 2 aromatic rings. The Kier molecular flexibility index (Phi) is 8.14. The molecule has 36 heavy (non-hydrogen) atoms.